The second-order valence-electron chi connectivity index (χ2n) is 6.71. The summed E-state index contributed by atoms with van der Waals surface area (Å²) in [7, 11) is 0. The van der Waals surface area contributed by atoms with E-state index in [9.17, 15) is 4.79 Å². The quantitative estimate of drug-likeness (QED) is 0.715. The molecule has 2 fully saturated rings. The third-order valence-electron chi connectivity index (χ3n) is 4.67. The fourth-order valence-corrected chi connectivity index (χ4v) is 3.37. The van der Waals surface area contributed by atoms with Gasteiger partial charge in [0.05, 0.1) is 25.7 Å². The molecule has 1 aromatic carbocycles. The Hall–Kier alpha value is -1.59. The number of hydrogen-bond acceptors (Lipinski definition) is 4. The molecule has 1 saturated heterocycles. The molecule has 1 heterocycles. The summed E-state index contributed by atoms with van der Waals surface area (Å²) in [5.74, 6) is -0.0136. The van der Waals surface area contributed by atoms with Crippen LogP contribution in [0.4, 0.5) is 11.4 Å². The Kier molecular flexibility index (Phi) is 6.49. The molecule has 0 aromatic heterocycles. The van der Waals surface area contributed by atoms with Gasteiger partial charge in [-0.2, -0.15) is 0 Å². The van der Waals surface area contributed by atoms with E-state index in [1.54, 1.807) is 0 Å². The lowest BCUT2D eigenvalue weighted by molar-refractivity contribution is -0.117. The molecule has 5 nitrogen and oxygen atoms in total. The van der Waals surface area contributed by atoms with Gasteiger partial charge in [-0.25, -0.2) is 0 Å². The molecule has 1 atom stereocenters. The van der Waals surface area contributed by atoms with Crippen LogP contribution in [0.2, 0.25) is 0 Å². The molecule has 1 aliphatic carbocycles. The lowest BCUT2D eigenvalue weighted by atomic mass is 10.2. The largest absolute Gasteiger partial charge is 0.382 e. The predicted molar refractivity (Wildman–Crippen MR) is 95.4 cm³/mol. The van der Waals surface area contributed by atoms with E-state index < -0.39 is 0 Å². The summed E-state index contributed by atoms with van der Waals surface area (Å²) < 4.78 is 11.0. The molecular formula is C19H28N2O3. The first-order valence-electron chi connectivity index (χ1n) is 9.15. The van der Waals surface area contributed by atoms with Crippen LogP contribution in [0.5, 0.6) is 0 Å². The predicted octanol–water partition coefficient (Wildman–Crippen LogP) is 3.57. The fraction of sp³-hybridized carbons (Fsp3) is 0.632. The SMILES string of the molecule is O=C(CCOC[C@@H]1CCCO1)Nc1cccc(NC2CCCC2)c1. The molecule has 0 spiro atoms. The van der Waals surface area contributed by atoms with E-state index >= 15 is 0 Å². The van der Waals surface area contributed by atoms with E-state index in [1.165, 1.54) is 25.7 Å². The molecule has 2 N–H and O–H groups in total. The van der Waals surface area contributed by atoms with Crippen molar-refractivity contribution in [2.24, 2.45) is 0 Å². The van der Waals surface area contributed by atoms with Gasteiger partial charge < -0.3 is 20.1 Å². The average Bonchev–Trinajstić information content (AvgIpc) is 3.25. The van der Waals surface area contributed by atoms with Crippen molar-refractivity contribution in [2.45, 2.75) is 57.1 Å². The number of hydrogen-bond donors (Lipinski definition) is 2. The molecule has 24 heavy (non-hydrogen) atoms. The Balaban J connectivity index is 1.37. The van der Waals surface area contributed by atoms with Crippen molar-refractivity contribution in [2.75, 3.05) is 30.5 Å². The number of amides is 1. The molecule has 1 aromatic rings. The van der Waals surface area contributed by atoms with Crippen LogP contribution in [-0.4, -0.2) is 37.9 Å². The molecular weight excluding hydrogens is 304 g/mol. The maximum absolute atomic E-state index is 12.0. The monoisotopic (exact) mass is 332 g/mol. The second-order valence-corrected chi connectivity index (χ2v) is 6.71. The topological polar surface area (TPSA) is 59.6 Å². The Morgan fingerprint density at radius 2 is 2.00 bits per heavy atom. The van der Waals surface area contributed by atoms with E-state index in [2.05, 4.69) is 16.7 Å². The number of carbonyl (C=O) groups excluding carboxylic acids is 1. The third-order valence-corrected chi connectivity index (χ3v) is 4.67. The van der Waals surface area contributed by atoms with Gasteiger partial charge in [0.15, 0.2) is 0 Å². The van der Waals surface area contributed by atoms with Crippen molar-refractivity contribution in [3.63, 3.8) is 0 Å². The Bertz CT molecular complexity index is 523. The highest BCUT2D eigenvalue weighted by Gasteiger charge is 2.16. The summed E-state index contributed by atoms with van der Waals surface area (Å²) in [6.07, 6.45) is 7.84. The first-order valence-corrected chi connectivity index (χ1v) is 9.15. The van der Waals surface area contributed by atoms with Gasteiger partial charge in [-0.15, -0.1) is 0 Å². The number of ether oxygens (including phenoxy) is 2. The molecule has 1 saturated carbocycles. The van der Waals surface area contributed by atoms with E-state index in [4.69, 9.17) is 9.47 Å². The van der Waals surface area contributed by atoms with Gasteiger partial charge in [-0.3, -0.25) is 4.79 Å². The zero-order chi connectivity index (χ0) is 16.6. The zero-order valence-electron chi connectivity index (χ0n) is 14.3. The van der Waals surface area contributed by atoms with Crippen LogP contribution in [0.1, 0.15) is 44.9 Å². The Labute approximate surface area is 144 Å². The van der Waals surface area contributed by atoms with Gasteiger partial charge >= 0.3 is 0 Å². The standard InChI is InChI=1S/C19H28N2O3/c22-19(10-12-23-14-18-9-4-11-24-18)21-17-8-3-7-16(13-17)20-15-5-1-2-6-15/h3,7-8,13,15,18,20H,1-2,4-6,9-12,14H2,(H,21,22)/t18-/m0/s1. The molecule has 0 radical (unpaired) electrons. The van der Waals surface area contributed by atoms with E-state index in [0.29, 0.717) is 25.7 Å². The van der Waals surface area contributed by atoms with Crippen LogP contribution in [0, 0.1) is 0 Å². The van der Waals surface area contributed by atoms with Crippen LogP contribution in [0.3, 0.4) is 0 Å². The summed E-state index contributed by atoms with van der Waals surface area (Å²) in [5, 5.41) is 6.49. The first-order chi connectivity index (χ1) is 11.8. The zero-order valence-corrected chi connectivity index (χ0v) is 14.3. The highest BCUT2D eigenvalue weighted by molar-refractivity contribution is 5.91. The van der Waals surface area contributed by atoms with Crippen molar-refractivity contribution in [1.29, 1.82) is 0 Å². The summed E-state index contributed by atoms with van der Waals surface area (Å²) in [4.78, 5) is 12.0. The highest BCUT2D eigenvalue weighted by atomic mass is 16.5. The first kappa shape index (κ1) is 17.2. The summed E-state index contributed by atoms with van der Waals surface area (Å²) in [6, 6.07) is 8.52. The summed E-state index contributed by atoms with van der Waals surface area (Å²) >= 11 is 0. The van der Waals surface area contributed by atoms with Crippen LogP contribution in [0.15, 0.2) is 24.3 Å². The van der Waals surface area contributed by atoms with E-state index in [1.807, 2.05) is 18.2 Å². The minimum absolute atomic E-state index is 0.0136. The minimum atomic E-state index is -0.0136. The highest BCUT2D eigenvalue weighted by Crippen LogP contribution is 2.23. The van der Waals surface area contributed by atoms with Gasteiger partial charge in [-0.05, 0) is 43.9 Å². The smallest absolute Gasteiger partial charge is 0.226 e. The molecule has 5 heteroatoms. The minimum Gasteiger partial charge on any atom is -0.382 e. The van der Waals surface area contributed by atoms with Gasteiger partial charge in [0.25, 0.3) is 0 Å². The number of carbonyl (C=O) groups is 1. The van der Waals surface area contributed by atoms with Crippen molar-refractivity contribution in [3.05, 3.63) is 24.3 Å². The third kappa shape index (κ3) is 5.49. The van der Waals surface area contributed by atoms with Crippen molar-refractivity contribution in [3.8, 4) is 0 Å². The normalized spacial score (nSPS) is 21.1. The number of benzene rings is 1. The maximum atomic E-state index is 12.0. The van der Waals surface area contributed by atoms with Crippen molar-refractivity contribution < 1.29 is 14.3 Å². The molecule has 0 unspecified atom stereocenters. The van der Waals surface area contributed by atoms with Crippen molar-refractivity contribution >= 4 is 17.3 Å². The second kappa shape index (κ2) is 9.04. The number of rotatable bonds is 8. The van der Waals surface area contributed by atoms with Crippen LogP contribution < -0.4 is 10.6 Å². The number of nitrogens with one attached hydrogen (secondary N) is 2. The van der Waals surface area contributed by atoms with E-state index in [-0.39, 0.29) is 12.0 Å². The maximum Gasteiger partial charge on any atom is 0.226 e. The van der Waals surface area contributed by atoms with Gasteiger partial charge in [0.1, 0.15) is 0 Å². The lowest BCUT2D eigenvalue weighted by Crippen LogP contribution is -2.18. The fourth-order valence-electron chi connectivity index (χ4n) is 3.37. The van der Waals surface area contributed by atoms with Crippen LogP contribution in [0.25, 0.3) is 0 Å². The van der Waals surface area contributed by atoms with Crippen LogP contribution >= 0.6 is 0 Å². The average molecular weight is 332 g/mol. The summed E-state index contributed by atoms with van der Waals surface area (Å²) in [5.41, 5.74) is 1.91. The van der Waals surface area contributed by atoms with Crippen molar-refractivity contribution in [1.82, 2.24) is 0 Å². The van der Waals surface area contributed by atoms with Crippen LogP contribution in [-0.2, 0) is 14.3 Å². The van der Waals surface area contributed by atoms with Gasteiger partial charge in [-0.1, -0.05) is 18.9 Å². The molecule has 1 aliphatic heterocycles. The van der Waals surface area contributed by atoms with Gasteiger partial charge in [0, 0.05) is 24.0 Å². The Morgan fingerprint density at radius 1 is 1.17 bits per heavy atom. The molecule has 0 bridgehead atoms. The molecule has 132 valence electrons. The number of anilines is 2. The lowest BCUT2D eigenvalue weighted by Gasteiger charge is -2.14. The summed E-state index contributed by atoms with van der Waals surface area (Å²) in [6.45, 7) is 1.86. The Morgan fingerprint density at radius 3 is 2.79 bits per heavy atom. The molecule has 1 amide bonds. The molecule has 2 aliphatic rings. The van der Waals surface area contributed by atoms with Gasteiger partial charge in [0.2, 0.25) is 5.91 Å². The molecule has 3 rings (SSSR count). The van der Waals surface area contributed by atoms with E-state index in [0.717, 1.165) is 30.8 Å².